The smallest absolute Gasteiger partial charge is 0.299 e. The van der Waals surface area contributed by atoms with Crippen molar-refractivity contribution in [3.8, 4) is 17.1 Å². The summed E-state index contributed by atoms with van der Waals surface area (Å²) in [5.74, 6) is -0.676. The van der Waals surface area contributed by atoms with Gasteiger partial charge in [0, 0.05) is 31.7 Å². The third-order valence-corrected chi connectivity index (χ3v) is 8.17. The molecular weight excluding hydrogens is 554 g/mol. The minimum absolute atomic E-state index is 0.0583. The maximum Gasteiger partial charge on any atom is 0.299 e. The zero-order valence-corrected chi connectivity index (χ0v) is 24.5. The number of hydrogen-bond donors (Lipinski definition) is 2. The molecule has 2 aliphatic heterocycles. The minimum Gasteiger partial charge on any atom is -0.504 e. The molecule has 4 aromatic rings. The van der Waals surface area contributed by atoms with Gasteiger partial charge in [0.1, 0.15) is 18.6 Å². The standard InChI is InChI=1S/C29H33N9O5/c1-5-20-23(35-8-10-36(11-9-35)26(41)22-24(40)16(2)31-15-32-22)27(42)38-28(37(20)13-21(30)39)33-25(34-38)17-6-7-18-14-43-29(3,4)19(18)12-17/h6-7,12,15,40H,5,8-11,13-14H2,1-4H3,(H2,30,39). The fourth-order valence-corrected chi connectivity index (χ4v) is 5.85. The van der Waals surface area contributed by atoms with Crippen LogP contribution in [0.1, 0.15) is 53.8 Å². The van der Waals surface area contributed by atoms with Crippen LogP contribution in [0.3, 0.4) is 0 Å². The van der Waals surface area contributed by atoms with Crippen LogP contribution in [0.4, 0.5) is 5.69 Å². The topological polar surface area (TPSA) is 174 Å². The van der Waals surface area contributed by atoms with E-state index in [0.717, 1.165) is 16.7 Å². The lowest BCUT2D eigenvalue weighted by Crippen LogP contribution is -2.51. The molecule has 14 nitrogen and oxygen atoms in total. The van der Waals surface area contributed by atoms with E-state index in [1.54, 1.807) is 16.4 Å². The molecule has 1 fully saturated rings. The first-order valence-corrected chi connectivity index (χ1v) is 14.1. The van der Waals surface area contributed by atoms with Crippen molar-refractivity contribution < 1.29 is 19.4 Å². The number of carbonyl (C=O) groups excluding carboxylic acids is 2. The second-order valence-corrected chi connectivity index (χ2v) is 11.3. The first-order chi connectivity index (χ1) is 20.5. The van der Waals surface area contributed by atoms with E-state index < -0.39 is 17.4 Å². The molecule has 1 aromatic carbocycles. The fraction of sp³-hybridized carbons (Fsp3) is 0.414. The molecule has 0 unspecified atom stereocenters. The Kier molecular flexibility index (Phi) is 6.87. The SMILES string of the molecule is CCc1c(N2CCN(C(=O)c3ncnc(C)c3O)CC2)c(=O)n2nc(-c3ccc4c(c3)C(C)(C)OC4)nc2n1CC(N)=O. The highest BCUT2D eigenvalue weighted by molar-refractivity contribution is 5.95. The van der Waals surface area contributed by atoms with Crippen molar-refractivity contribution in [1.29, 1.82) is 0 Å². The summed E-state index contributed by atoms with van der Waals surface area (Å²) < 4.78 is 8.79. The highest BCUT2D eigenvalue weighted by Crippen LogP contribution is 2.37. The number of aromatic nitrogens is 6. The second kappa shape index (κ2) is 10.5. The molecule has 2 aliphatic rings. The predicted molar refractivity (Wildman–Crippen MR) is 156 cm³/mol. The quantitative estimate of drug-likeness (QED) is 0.333. The van der Waals surface area contributed by atoms with E-state index >= 15 is 0 Å². The lowest BCUT2D eigenvalue weighted by molar-refractivity contribution is -0.118. The summed E-state index contributed by atoms with van der Waals surface area (Å²) >= 11 is 0. The van der Waals surface area contributed by atoms with Gasteiger partial charge >= 0.3 is 0 Å². The number of anilines is 1. The first kappa shape index (κ1) is 28.3. The van der Waals surface area contributed by atoms with Crippen LogP contribution in [-0.2, 0) is 34.7 Å². The molecule has 0 atom stereocenters. The van der Waals surface area contributed by atoms with Crippen molar-refractivity contribution >= 4 is 23.3 Å². The lowest BCUT2D eigenvalue weighted by Gasteiger charge is -2.36. The summed E-state index contributed by atoms with van der Waals surface area (Å²) in [7, 11) is 0. The Balaban J connectivity index is 1.38. The van der Waals surface area contributed by atoms with Crippen molar-refractivity contribution in [3.05, 3.63) is 63.1 Å². The predicted octanol–water partition coefficient (Wildman–Crippen LogP) is 1.14. The zero-order valence-electron chi connectivity index (χ0n) is 24.5. The van der Waals surface area contributed by atoms with Crippen LogP contribution >= 0.6 is 0 Å². The van der Waals surface area contributed by atoms with Crippen molar-refractivity contribution in [1.82, 2.24) is 34.0 Å². The number of fused-ring (bicyclic) bond motifs is 2. The number of nitrogens with two attached hydrogens (primary N) is 1. The number of benzene rings is 1. The number of primary amides is 1. The Morgan fingerprint density at radius 2 is 1.88 bits per heavy atom. The van der Waals surface area contributed by atoms with Gasteiger partial charge in [-0.05, 0) is 44.4 Å². The molecular formula is C29H33N9O5. The van der Waals surface area contributed by atoms with E-state index in [1.807, 2.05) is 43.9 Å². The van der Waals surface area contributed by atoms with Crippen molar-refractivity contribution in [2.24, 2.45) is 5.73 Å². The van der Waals surface area contributed by atoms with E-state index in [-0.39, 0.29) is 42.4 Å². The highest BCUT2D eigenvalue weighted by atomic mass is 16.5. The zero-order chi connectivity index (χ0) is 30.6. The molecule has 43 heavy (non-hydrogen) atoms. The summed E-state index contributed by atoms with van der Waals surface area (Å²) in [5, 5.41) is 14.9. The Morgan fingerprint density at radius 1 is 1.14 bits per heavy atom. The monoisotopic (exact) mass is 587 g/mol. The minimum atomic E-state index is -0.581. The number of carbonyl (C=O) groups is 2. The second-order valence-electron chi connectivity index (χ2n) is 11.3. The van der Waals surface area contributed by atoms with Gasteiger partial charge in [-0.15, -0.1) is 5.10 Å². The number of nitrogens with zero attached hydrogens (tertiary/aromatic N) is 8. The van der Waals surface area contributed by atoms with E-state index in [0.29, 0.717) is 49.0 Å². The van der Waals surface area contributed by atoms with Gasteiger partial charge in [0.15, 0.2) is 17.3 Å². The molecule has 14 heteroatoms. The Labute approximate surface area is 246 Å². The van der Waals surface area contributed by atoms with Gasteiger partial charge < -0.3 is 29.9 Å². The molecule has 0 aliphatic carbocycles. The van der Waals surface area contributed by atoms with Gasteiger partial charge in [-0.3, -0.25) is 14.4 Å². The third-order valence-electron chi connectivity index (χ3n) is 8.17. The Morgan fingerprint density at radius 3 is 2.58 bits per heavy atom. The fourth-order valence-electron chi connectivity index (χ4n) is 5.85. The molecule has 3 aromatic heterocycles. The van der Waals surface area contributed by atoms with Gasteiger partial charge in [-0.25, -0.2) is 9.97 Å². The normalized spacial score (nSPS) is 16.1. The molecule has 0 saturated carbocycles. The van der Waals surface area contributed by atoms with Crippen LogP contribution < -0.4 is 16.2 Å². The summed E-state index contributed by atoms with van der Waals surface area (Å²) in [5.41, 5.74) is 8.89. The molecule has 3 N–H and O–H groups in total. The van der Waals surface area contributed by atoms with Crippen LogP contribution in [0.2, 0.25) is 0 Å². The van der Waals surface area contributed by atoms with Gasteiger partial charge in [0.25, 0.3) is 11.5 Å². The number of piperazine rings is 1. The summed E-state index contributed by atoms with van der Waals surface area (Å²) in [6, 6.07) is 5.86. The molecule has 1 saturated heterocycles. The number of aryl methyl sites for hydroxylation is 1. The molecule has 0 spiro atoms. The van der Waals surface area contributed by atoms with Crippen molar-refractivity contribution in [2.45, 2.75) is 52.9 Å². The highest BCUT2D eigenvalue weighted by Gasteiger charge is 2.33. The average Bonchev–Trinajstić information content (AvgIpc) is 3.57. The van der Waals surface area contributed by atoms with Gasteiger partial charge in [0.2, 0.25) is 11.7 Å². The van der Waals surface area contributed by atoms with Crippen LogP contribution in [-0.4, -0.2) is 77.1 Å². The van der Waals surface area contributed by atoms with Crippen LogP contribution in [0.5, 0.6) is 5.75 Å². The maximum absolute atomic E-state index is 14.0. The largest absolute Gasteiger partial charge is 0.504 e. The molecule has 6 rings (SSSR count). The number of aromatic hydroxyl groups is 1. The number of ether oxygens (including phenoxy) is 1. The molecule has 224 valence electrons. The Bertz CT molecular complexity index is 1840. The van der Waals surface area contributed by atoms with E-state index in [9.17, 15) is 19.5 Å². The van der Waals surface area contributed by atoms with Gasteiger partial charge in [-0.1, -0.05) is 19.1 Å². The summed E-state index contributed by atoms with van der Waals surface area (Å²) in [6.45, 7) is 9.07. The van der Waals surface area contributed by atoms with E-state index in [2.05, 4.69) is 15.1 Å². The molecule has 0 bridgehead atoms. The third kappa shape index (κ3) is 4.76. The number of amides is 2. The van der Waals surface area contributed by atoms with Crippen LogP contribution in [0, 0.1) is 6.92 Å². The van der Waals surface area contributed by atoms with Crippen LogP contribution in [0.25, 0.3) is 17.2 Å². The number of hydrogen-bond acceptors (Lipinski definition) is 10. The van der Waals surface area contributed by atoms with Crippen LogP contribution in [0.15, 0.2) is 29.3 Å². The number of rotatable bonds is 6. The van der Waals surface area contributed by atoms with Crippen molar-refractivity contribution in [2.75, 3.05) is 31.1 Å². The lowest BCUT2D eigenvalue weighted by atomic mass is 9.94. The summed E-state index contributed by atoms with van der Waals surface area (Å²) in [6.07, 6.45) is 1.67. The van der Waals surface area contributed by atoms with Crippen molar-refractivity contribution in [3.63, 3.8) is 0 Å². The maximum atomic E-state index is 14.0. The van der Waals surface area contributed by atoms with E-state index in [4.69, 9.17) is 15.5 Å². The van der Waals surface area contributed by atoms with Gasteiger partial charge in [-0.2, -0.15) is 9.50 Å². The molecule has 5 heterocycles. The molecule has 0 radical (unpaired) electrons. The average molecular weight is 588 g/mol. The van der Waals surface area contributed by atoms with Gasteiger partial charge in [0.05, 0.1) is 23.6 Å². The first-order valence-electron chi connectivity index (χ1n) is 14.1. The molecule has 2 amide bonds. The Hall–Kier alpha value is -4.85. The summed E-state index contributed by atoms with van der Waals surface area (Å²) in [4.78, 5) is 55.4. The van der Waals surface area contributed by atoms with E-state index in [1.165, 1.54) is 10.8 Å².